The molecule has 0 saturated heterocycles. The van der Waals surface area contributed by atoms with Crippen LogP contribution >= 0.6 is 0 Å². The van der Waals surface area contributed by atoms with Gasteiger partial charge in [-0.2, -0.15) is 0 Å². The van der Waals surface area contributed by atoms with Gasteiger partial charge in [-0.15, -0.1) is 0 Å². The summed E-state index contributed by atoms with van der Waals surface area (Å²) in [7, 11) is 0. The third-order valence-electron chi connectivity index (χ3n) is 3.60. The Kier molecular flexibility index (Phi) is 4.46. The van der Waals surface area contributed by atoms with Crippen LogP contribution in [0.25, 0.3) is 0 Å². The Morgan fingerprint density at radius 1 is 1.29 bits per heavy atom. The number of imidazole rings is 1. The lowest BCUT2D eigenvalue weighted by Crippen LogP contribution is -2.13. The summed E-state index contributed by atoms with van der Waals surface area (Å²) in [5, 5.41) is 3.45. The van der Waals surface area contributed by atoms with Gasteiger partial charge in [-0.3, -0.25) is 0 Å². The standard InChI is InChI=1S/C14H25N3/c1-3-10-15-14-16-12(2)11-17(14)13-8-6-4-5-7-9-13/h11,13H,3-10H2,1-2H3,(H,15,16). The van der Waals surface area contributed by atoms with E-state index >= 15 is 0 Å². The smallest absolute Gasteiger partial charge is 0.203 e. The highest BCUT2D eigenvalue weighted by Gasteiger charge is 2.17. The molecule has 1 aliphatic rings. The van der Waals surface area contributed by atoms with Gasteiger partial charge >= 0.3 is 0 Å². The highest BCUT2D eigenvalue weighted by Crippen LogP contribution is 2.29. The van der Waals surface area contributed by atoms with E-state index in [1.807, 2.05) is 0 Å². The fraction of sp³-hybridized carbons (Fsp3) is 0.786. The third kappa shape index (κ3) is 3.24. The average molecular weight is 235 g/mol. The Labute approximate surface area is 105 Å². The lowest BCUT2D eigenvalue weighted by atomic mass is 10.1. The van der Waals surface area contributed by atoms with Gasteiger partial charge in [0.15, 0.2) is 0 Å². The molecule has 0 aromatic carbocycles. The van der Waals surface area contributed by atoms with Gasteiger partial charge in [0.05, 0.1) is 5.69 Å². The van der Waals surface area contributed by atoms with Crippen LogP contribution in [0, 0.1) is 6.92 Å². The van der Waals surface area contributed by atoms with E-state index in [-0.39, 0.29) is 0 Å². The lowest BCUT2D eigenvalue weighted by molar-refractivity contribution is 0.447. The summed E-state index contributed by atoms with van der Waals surface area (Å²) in [4.78, 5) is 4.61. The van der Waals surface area contributed by atoms with Gasteiger partial charge in [0.2, 0.25) is 5.95 Å². The maximum Gasteiger partial charge on any atom is 0.203 e. The second-order valence-corrected chi connectivity index (χ2v) is 5.19. The second kappa shape index (κ2) is 6.08. The van der Waals surface area contributed by atoms with Crippen LogP contribution in [0.1, 0.15) is 63.6 Å². The number of anilines is 1. The Morgan fingerprint density at radius 2 is 2.00 bits per heavy atom. The highest BCUT2D eigenvalue weighted by atomic mass is 15.2. The predicted molar refractivity (Wildman–Crippen MR) is 72.5 cm³/mol. The maximum absolute atomic E-state index is 4.61. The van der Waals surface area contributed by atoms with E-state index in [0.29, 0.717) is 6.04 Å². The molecule has 1 fully saturated rings. The Balaban J connectivity index is 2.11. The van der Waals surface area contributed by atoms with E-state index < -0.39 is 0 Å². The predicted octanol–water partition coefficient (Wildman–Crippen LogP) is 3.91. The fourth-order valence-corrected chi connectivity index (χ4v) is 2.70. The molecular weight excluding hydrogens is 210 g/mol. The highest BCUT2D eigenvalue weighted by molar-refractivity contribution is 5.29. The summed E-state index contributed by atoms with van der Waals surface area (Å²) in [5.41, 5.74) is 1.13. The number of hydrogen-bond donors (Lipinski definition) is 1. The molecule has 1 aromatic heterocycles. The zero-order valence-corrected chi connectivity index (χ0v) is 11.2. The number of nitrogens with one attached hydrogen (secondary N) is 1. The van der Waals surface area contributed by atoms with E-state index in [1.54, 1.807) is 0 Å². The molecule has 0 spiro atoms. The van der Waals surface area contributed by atoms with Crippen LogP contribution in [-0.2, 0) is 0 Å². The largest absolute Gasteiger partial charge is 0.356 e. The minimum absolute atomic E-state index is 0.665. The molecule has 1 aromatic rings. The normalized spacial score (nSPS) is 18.0. The first-order chi connectivity index (χ1) is 8.31. The fourth-order valence-electron chi connectivity index (χ4n) is 2.70. The van der Waals surface area contributed by atoms with Gasteiger partial charge in [-0.05, 0) is 26.2 Å². The van der Waals surface area contributed by atoms with Gasteiger partial charge in [0, 0.05) is 18.8 Å². The van der Waals surface area contributed by atoms with Crippen LogP contribution in [0.2, 0.25) is 0 Å². The monoisotopic (exact) mass is 235 g/mol. The van der Waals surface area contributed by atoms with Crippen LogP contribution in [-0.4, -0.2) is 16.1 Å². The molecule has 0 bridgehead atoms. The van der Waals surface area contributed by atoms with E-state index in [2.05, 4.69) is 34.9 Å². The van der Waals surface area contributed by atoms with Gasteiger partial charge in [-0.25, -0.2) is 4.98 Å². The minimum atomic E-state index is 0.665. The van der Waals surface area contributed by atoms with Crippen LogP contribution in [0.15, 0.2) is 6.20 Å². The molecule has 2 rings (SSSR count). The van der Waals surface area contributed by atoms with Crippen LogP contribution in [0.5, 0.6) is 0 Å². The average Bonchev–Trinajstić information content (AvgIpc) is 2.56. The van der Waals surface area contributed by atoms with Gasteiger partial charge in [-0.1, -0.05) is 32.6 Å². The number of nitrogens with zero attached hydrogens (tertiary/aromatic N) is 2. The summed E-state index contributed by atoms with van der Waals surface area (Å²) in [6, 6.07) is 0.665. The van der Waals surface area contributed by atoms with Crippen molar-refractivity contribution in [1.82, 2.24) is 9.55 Å². The van der Waals surface area contributed by atoms with Crippen LogP contribution < -0.4 is 5.32 Å². The van der Waals surface area contributed by atoms with Crippen molar-refractivity contribution in [2.75, 3.05) is 11.9 Å². The van der Waals surface area contributed by atoms with Crippen molar-refractivity contribution in [3.63, 3.8) is 0 Å². The van der Waals surface area contributed by atoms with Crippen molar-refractivity contribution < 1.29 is 0 Å². The summed E-state index contributed by atoms with van der Waals surface area (Å²) in [6.07, 6.45) is 11.5. The molecule has 0 radical (unpaired) electrons. The molecule has 1 N–H and O–H groups in total. The van der Waals surface area contributed by atoms with E-state index in [1.165, 1.54) is 38.5 Å². The number of rotatable bonds is 4. The quantitative estimate of drug-likeness (QED) is 0.802. The molecule has 3 nitrogen and oxygen atoms in total. The molecule has 96 valence electrons. The maximum atomic E-state index is 4.61. The van der Waals surface area contributed by atoms with Gasteiger partial charge in [0.25, 0.3) is 0 Å². The first-order valence-electron chi connectivity index (χ1n) is 7.10. The molecule has 1 heterocycles. The molecule has 0 amide bonds. The molecular formula is C14H25N3. The van der Waals surface area contributed by atoms with Crippen molar-refractivity contribution in [2.45, 2.75) is 64.8 Å². The molecule has 0 aliphatic heterocycles. The number of aromatic nitrogens is 2. The first-order valence-corrected chi connectivity index (χ1v) is 7.10. The molecule has 1 aliphatic carbocycles. The second-order valence-electron chi connectivity index (χ2n) is 5.19. The van der Waals surface area contributed by atoms with Crippen molar-refractivity contribution in [1.29, 1.82) is 0 Å². The number of hydrogen-bond acceptors (Lipinski definition) is 2. The summed E-state index contributed by atoms with van der Waals surface area (Å²) < 4.78 is 2.39. The molecule has 17 heavy (non-hydrogen) atoms. The summed E-state index contributed by atoms with van der Waals surface area (Å²) in [6.45, 7) is 5.30. The van der Waals surface area contributed by atoms with Crippen LogP contribution in [0.3, 0.4) is 0 Å². The molecule has 0 unspecified atom stereocenters. The van der Waals surface area contributed by atoms with Crippen molar-refractivity contribution in [2.24, 2.45) is 0 Å². The van der Waals surface area contributed by atoms with Crippen molar-refractivity contribution in [3.05, 3.63) is 11.9 Å². The summed E-state index contributed by atoms with van der Waals surface area (Å²) >= 11 is 0. The van der Waals surface area contributed by atoms with Crippen molar-refractivity contribution >= 4 is 5.95 Å². The first kappa shape index (κ1) is 12.5. The van der Waals surface area contributed by atoms with E-state index in [0.717, 1.165) is 24.6 Å². The zero-order valence-electron chi connectivity index (χ0n) is 11.2. The SMILES string of the molecule is CCCNc1nc(C)cn1C1CCCCCC1. The van der Waals surface area contributed by atoms with Crippen LogP contribution in [0.4, 0.5) is 5.95 Å². The molecule has 0 atom stereocenters. The molecule has 1 saturated carbocycles. The zero-order chi connectivity index (χ0) is 12.1. The van der Waals surface area contributed by atoms with Gasteiger partial charge in [0.1, 0.15) is 0 Å². The lowest BCUT2D eigenvalue weighted by Gasteiger charge is -2.19. The summed E-state index contributed by atoms with van der Waals surface area (Å²) in [5.74, 6) is 1.08. The molecule has 3 heteroatoms. The third-order valence-corrected chi connectivity index (χ3v) is 3.60. The Morgan fingerprint density at radius 3 is 2.65 bits per heavy atom. The van der Waals surface area contributed by atoms with E-state index in [4.69, 9.17) is 0 Å². The number of aryl methyl sites for hydroxylation is 1. The Bertz CT molecular complexity index is 335. The van der Waals surface area contributed by atoms with E-state index in [9.17, 15) is 0 Å². The topological polar surface area (TPSA) is 29.9 Å². The van der Waals surface area contributed by atoms with Gasteiger partial charge < -0.3 is 9.88 Å². The minimum Gasteiger partial charge on any atom is -0.356 e. The Hall–Kier alpha value is -0.990. The van der Waals surface area contributed by atoms with Crippen molar-refractivity contribution in [3.8, 4) is 0 Å².